The van der Waals surface area contributed by atoms with Crippen molar-refractivity contribution in [2.75, 3.05) is 0 Å². The van der Waals surface area contributed by atoms with E-state index in [9.17, 15) is 0 Å². The molecule has 2 aliphatic rings. The summed E-state index contributed by atoms with van der Waals surface area (Å²) in [6, 6.07) is 44.2. The summed E-state index contributed by atoms with van der Waals surface area (Å²) in [6.07, 6.45) is 0. The number of furan rings is 1. The first-order valence-corrected chi connectivity index (χ1v) is 15.6. The van der Waals surface area contributed by atoms with Gasteiger partial charge in [0.15, 0.2) is 0 Å². The molecule has 190 valence electrons. The fourth-order valence-corrected chi connectivity index (χ4v) is 9.90. The maximum absolute atomic E-state index is 6.38. The summed E-state index contributed by atoms with van der Waals surface area (Å²) in [6.45, 7) is 0. The lowest BCUT2D eigenvalue weighted by molar-refractivity contribution is 0.669. The van der Waals surface area contributed by atoms with Crippen LogP contribution in [0.15, 0.2) is 136 Å². The minimum absolute atomic E-state index is 0.335. The van der Waals surface area contributed by atoms with Crippen molar-refractivity contribution in [3.05, 3.63) is 121 Å². The van der Waals surface area contributed by atoms with Crippen molar-refractivity contribution in [2.45, 2.75) is 9.79 Å². The van der Waals surface area contributed by atoms with E-state index in [1.807, 2.05) is 29.3 Å². The second-order valence-electron chi connectivity index (χ2n) is 10.8. The summed E-state index contributed by atoms with van der Waals surface area (Å²) in [7, 11) is 0. The van der Waals surface area contributed by atoms with Gasteiger partial charge in [-0.3, -0.25) is 0 Å². The van der Waals surface area contributed by atoms with E-state index in [4.69, 9.17) is 4.42 Å². The highest BCUT2D eigenvalue weighted by molar-refractivity contribution is 8.56. The molecule has 2 aromatic heterocycles. The average molecular weight is 558 g/mol. The molecule has 0 N–H and O–H groups in total. The summed E-state index contributed by atoms with van der Waals surface area (Å²) in [5, 5.41) is 5.16. The van der Waals surface area contributed by atoms with Crippen LogP contribution in [0, 0.1) is 0 Å². The highest BCUT2D eigenvalue weighted by Crippen LogP contribution is 2.50. The number of hydrogen-bond donors (Lipinski definition) is 0. The molecule has 0 spiro atoms. The van der Waals surface area contributed by atoms with Crippen LogP contribution in [0.1, 0.15) is 0 Å². The van der Waals surface area contributed by atoms with Gasteiger partial charge < -0.3 is 8.98 Å². The first kappa shape index (κ1) is 22.4. The molecule has 4 heterocycles. The zero-order valence-electron chi connectivity index (χ0n) is 21.8. The molecule has 2 aliphatic heterocycles. The third kappa shape index (κ3) is 2.97. The number of fused-ring (bicyclic) bond motifs is 11. The summed E-state index contributed by atoms with van der Waals surface area (Å²) in [5.41, 5.74) is 12.2. The molecule has 2 nitrogen and oxygen atoms in total. The van der Waals surface area contributed by atoms with Crippen molar-refractivity contribution in [1.82, 2.24) is 4.57 Å². The fraction of sp³-hybridized carbons (Fsp3) is 0. The molecule has 0 bridgehead atoms. The summed E-state index contributed by atoms with van der Waals surface area (Å²) in [4.78, 5) is 2.70. The number of aromatic nitrogens is 1. The monoisotopic (exact) mass is 557 g/mol. The predicted molar refractivity (Wildman–Crippen MR) is 176 cm³/mol. The van der Waals surface area contributed by atoms with E-state index < -0.39 is 0 Å². The van der Waals surface area contributed by atoms with Crippen molar-refractivity contribution < 1.29 is 4.42 Å². The van der Waals surface area contributed by atoms with Gasteiger partial charge >= 0.3 is 5.27 Å². The van der Waals surface area contributed by atoms with Crippen molar-refractivity contribution in [3.63, 3.8) is 0 Å². The minimum Gasteiger partial charge on any atom is -0.456 e. The second kappa shape index (κ2) is 8.13. The summed E-state index contributed by atoms with van der Waals surface area (Å²) in [5.74, 6) is 0. The lowest BCUT2D eigenvalue weighted by Gasteiger charge is -2.32. The fourth-order valence-electron chi connectivity index (χ4n) is 6.96. The van der Waals surface area contributed by atoms with E-state index in [0.717, 1.165) is 16.6 Å². The summed E-state index contributed by atoms with van der Waals surface area (Å²) < 4.78 is 8.86. The smallest absolute Gasteiger partial charge is 0.318 e. The normalized spacial score (nSPS) is 13.6. The van der Waals surface area contributed by atoms with Crippen LogP contribution >= 0.6 is 23.2 Å². The van der Waals surface area contributed by atoms with Crippen LogP contribution in [0.4, 0.5) is 0 Å². The Morgan fingerprint density at radius 3 is 1.93 bits per heavy atom. The molecule has 0 saturated heterocycles. The van der Waals surface area contributed by atoms with E-state index >= 15 is 0 Å². The molecule has 10 rings (SSSR count). The number of hydrogen-bond acceptors (Lipinski definition) is 3. The van der Waals surface area contributed by atoms with Crippen LogP contribution in [-0.4, -0.2) is 9.84 Å². The largest absolute Gasteiger partial charge is 0.456 e. The number of para-hydroxylation sites is 2. The number of nitrogens with zero attached hydrogens (tertiary/aromatic N) is 1. The van der Waals surface area contributed by atoms with Crippen LogP contribution in [-0.2, 0) is 0 Å². The number of rotatable bonds is 1. The van der Waals surface area contributed by atoms with Gasteiger partial charge in [-0.15, -0.1) is 0 Å². The topological polar surface area (TPSA) is 18.1 Å². The Bertz CT molecular complexity index is 2330. The van der Waals surface area contributed by atoms with Gasteiger partial charge in [0.2, 0.25) is 0 Å². The Morgan fingerprint density at radius 1 is 0.537 bits per heavy atom. The predicted octanol–water partition coefficient (Wildman–Crippen LogP) is 9.92. The van der Waals surface area contributed by atoms with Crippen molar-refractivity contribution in [2.24, 2.45) is 0 Å². The molecule has 0 aliphatic carbocycles. The van der Waals surface area contributed by atoms with Gasteiger partial charge in [-0.05, 0) is 76.2 Å². The van der Waals surface area contributed by atoms with Crippen LogP contribution in [0.3, 0.4) is 0 Å². The van der Waals surface area contributed by atoms with E-state index in [2.05, 4.69) is 120 Å². The third-order valence-electron chi connectivity index (χ3n) is 8.66. The summed E-state index contributed by atoms with van der Waals surface area (Å²) >= 11 is 3.97. The Hall–Kier alpha value is -4.32. The highest BCUT2D eigenvalue weighted by Gasteiger charge is 2.37. The molecule has 0 amide bonds. The molecule has 0 radical (unpaired) electrons. The molecule has 0 fully saturated rings. The molecule has 0 saturated carbocycles. The van der Waals surface area contributed by atoms with Crippen LogP contribution in [0.25, 0.3) is 71.7 Å². The van der Waals surface area contributed by atoms with Crippen molar-refractivity contribution >= 4 is 77.7 Å². The van der Waals surface area contributed by atoms with Gasteiger partial charge in [0.25, 0.3) is 0 Å². The molecule has 0 atom stereocenters. The van der Waals surface area contributed by atoms with Crippen LogP contribution in [0.2, 0.25) is 0 Å². The van der Waals surface area contributed by atoms with Crippen molar-refractivity contribution in [3.8, 4) is 27.9 Å². The zero-order valence-corrected chi connectivity index (χ0v) is 23.4. The maximum Gasteiger partial charge on any atom is 0.318 e. The van der Waals surface area contributed by atoms with Gasteiger partial charge in [-0.2, -0.15) is 23.2 Å². The maximum atomic E-state index is 6.38. The molecule has 6 aromatic carbocycles. The molecule has 5 heteroatoms. The Balaban J connectivity index is 1.40. The average Bonchev–Trinajstić information content (AvgIpc) is 3.57. The quantitative estimate of drug-likeness (QED) is 0.187. The van der Waals surface area contributed by atoms with E-state index in [-0.39, 0.29) is 0 Å². The van der Waals surface area contributed by atoms with Crippen LogP contribution < -0.4 is 5.46 Å². The zero-order chi connectivity index (χ0) is 26.7. The van der Waals surface area contributed by atoms with Crippen LogP contribution in [0.5, 0.6) is 0 Å². The van der Waals surface area contributed by atoms with Gasteiger partial charge in [0.05, 0.1) is 16.4 Å². The molecular weight excluding hydrogens is 537 g/mol. The lowest BCUT2D eigenvalue weighted by atomic mass is 9.77. The Morgan fingerprint density at radius 2 is 1.17 bits per heavy atom. The van der Waals surface area contributed by atoms with Crippen molar-refractivity contribution in [1.29, 1.82) is 0 Å². The number of benzene rings is 6. The van der Waals surface area contributed by atoms with Gasteiger partial charge in [-0.25, -0.2) is 0 Å². The first-order chi connectivity index (χ1) is 20.3. The van der Waals surface area contributed by atoms with Gasteiger partial charge in [0.1, 0.15) is 11.2 Å². The SMILES string of the molecule is c1ccc2c(c1)SB1Sc3ccccc3-c3cc(-n4c5ccccc5c5ccc6oc7ccccc7c6c54)cc-2c31. The van der Waals surface area contributed by atoms with Gasteiger partial charge in [0, 0.05) is 31.6 Å². The standard InChI is InChI=1S/C36H20BNOS2/c1-5-13-29-22(9-1)25-17-18-31-34(26-12-2-6-14-30(26)39-31)36(25)38(29)21-19-27-23-10-3-7-15-32(23)40-37-35(27)28(20-21)24-11-4-8-16-33(24)41-37/h1-20H. The molecular formula is C36H20BNOS2. The van der Waals surface area contributed by atoms with E-state index in [1.54, 1.807) is 0 Å². The lowest BCUT2D eigenvalue weighted by Crippen LogP contribution is -2.33. The Labute approximate surface area is 244 Å². The Kier molecular flexibility index (Phi) is 4.44. The van der Waals surface area contributed by atoms with Gasteiger partial charge in [-0.1, -0.05) is 72.8 Å². The second-order valence-corrected chi connectivity index (χ2v) is 13.4. The molecule has 0 unspecified atom stereocenters. The third-order valence-corrected chi connectivity index (χ3v) is 11.4. The van der Waals surface area contributed by atoms with E-state index in [1.165, 1.54) is 70.4 Å². The molecule has 41 heavy (non-hydrogen) atoms. The van der Waals surface area contributed by atoms with E-state index in [0.29, 0.717) is 5.27 Å². The highest BCUT2D eigenvalue weighted by atomic mass is 32.2. The first-order valence-electron chi connectivity index (χ1n) is 13.9. The minimum atomic E-state index is 0.335. The molecule has 8 aromatic rings.